The molecule has 0 unspecified atom stereocenters. The third kappa shape index (κ3) is 5.98. The van der Waals surface area contributed by atoms with Crippen molar-refractivity contribution in [2.24, 2.45) is 0 Å². The number of carbonyl (C=O) groups excluding carboxylic acids is 1. The molecule has 0 atom stereocenters. The summed E-state index contributed by atoms with van der Waals surface area (Å²) in [5.74, 6) is 0.405. The van der Waals surface area contributed by atoms with Crippen LogP contribution in [0.1, 0.15) is 24.2 Å². The van der Waals surface area contributed by atoms with Crippen LogP contribution in [0.3, 0.4) is 0 Å². The lowest BCUT2D eigenvalue weighted by Gasteiger charge is -2.13. The van der Waals surface area contributed by atoms with Gasteiger partial charge in [-0.1, -0.05) is 26.0 Å². The van der Waals surface area contributed by atoms with Crippen LogP contribution in [0.2, 0.25) is 0 Å². The summed E-state index contributed by atoms with van der Waals surface area (Å²) in [4.78, 5) is 13.6. The summed E-state index contributed by atoms with van der Waals surface area (Å²) in [6.07, 6.45) is 0. The van der Waals surface area contributed by atoms with Crippen LogP contribution >= 0.6 is 11.8 Å². The Labute approximate surface area is 171 Å². The first-order valence-electron chi connectivity index (χ1n) is 8.91. The van der Waals surface area contributed by atoms with Gasteiger partial charge in [0.05, 0.1) is 17.0 Å². The van der Waals surface area contributed by atoms with Crippen LogP contribution in [0.25, 0.3) is 0 Å². The van der Waals surface area contributed by atoms with Gasteiger partial charge >= 0.3 is 0 Å². The van der Waals surface area contributed by atoms with Gasteiger partial charge in [-0.3, -0.25) is 4.79 Å². The molecule has 1 amide bonds. The molecule has 0 radical (unpaired) electrons. The minimum absolute atomic E-state index is 0.139. The van der Waals surface area contributed by atoms with Gasteiger partial charge < -0.3 is 10.1 Å². The van der Waals surface area contributed by atoms with E-state index in [-0.39, 0.29) is 17.4 Å². The molecule has 0 spiro atoms. The van der Waals surface area contributed by atoms with Gasteiger partial charge in [0, 0.05) is 24.2 Å². The summed E-state index contributed by atoms with van der Waals surface area (Å²) in [6, 6.07) is 13.7. The van der Waals surface area contributed by atoms with Crippen LogP contribution in [0.5, 0.6) is 5.75 Å². The molecule has 1 N–H and O–H groups in total. The van der Waals surface area contributed by atoms with Crippen molar-refractivity contribution in [1.82, 2.24) is 9.62 Å². The molecule has 0 aromatic heterocycles. The number of hydrogen-bond donors (Lipinski definition) is 1. The zero-order valence-corrected chi connectivity index (χ0v) is 18.1. The van der Waals surface area contributed by atoms with Crippen molar-refractivity contribution in [1.29, 1.82) is 0 Å². The van der Waals surface area contributed by atoms with E-state index in [0.29, 0.717) is 23.1 Å². The standard InChI is InChI=1S/C20H26N2O4S2/c1-15(2)27-19-8-6-5-7-18(19)20(23)21-13-14-26-16-9-11-17(12-10-16)28(24,25)22(3)4/h5-12,15H,13-14H2,1-4H3,(H,21,23). The van der Waals surface area contributed by atoms with E-state index in [2.05, 4.69) is 19.2 Å². The Balaban J connectivity index is 1.87. The Morgan fingerprint density at radius 2 is 1.75 bits per heavy atom. The molecule has 0 bridgehead atoms. The van der Waals surface area contributed by atoms with Gasteiger partial charge in [-0.25, -0.2) is 12.7 Å². The molecule has 8 heteroatoms. The molecule has 0 saturated heterocycles. The minimum Gasteiger partial charge on any atom is -0.492 e. The van der Waals surface area contributed by atoms with Crippen LogP contribution in [0.15, 0.2) is 58.3 Å². The normalized spacial score (nSPS) is 11.6. The molecule has 0 aliphatic rings. The van der Waals surface area contributed by atoms with Crippen LogP contribution in [0.4, 0.5) is 0 Å². The van der Waals surface area contributed by atoms with Gasteiger partial charge in [-0.05, 0) is 36.4 Å². The molecule has 0 fully saturated rings. The Morgan fingerprint density at radius 3 is 2.36 bits per heavy atom. The highest BCUT2D eigenvalue weighted by Gasteiger charge is 2.16. The molecule has 152 valence electrons. The van der Waals surface area contributed by atoms with Crippen molar-refractivity contribution in [3.05, 3.63) is 54.1 Å². The molecular formula is C20H26N2O4S2. The number of hydrogen-bond acceptors (Lipinski definition) is 5. The molecular weight excluding hydrogens is 396 g/mol. The predicted molar refractivity (Wildman–Crippen MR) is 113 cm³/mol. The van der Waals surface area contributed by atoms with Crippen molar-refractivity contribution >= 4 is 27.7 Å². The number of sulfonamides is 1. The first-order valence-corrected chi connectivity index (χ1v) is 11.2. The monoisotopic (exact) mass is 422 g/mol. The summed E-state index contributed by atoms with van der Waals surface area (Å²) in [5.41, 5.74) is 0.652. The van der Waals surface area contributed by atoms with Crippen LogP contribution in [0, 0.1) is 0 Å². The molecule has 6 nitrogen and oxygen atoms in total. The Bertz CT molecular complexity index is 895. The van der Waals surface area contributed by atoms with E-state index >= 15 is 0 Å². The second-order valence-electron chi connectivity index (χ2n) is 6.53. The Kier molecular flexibility index (Phi) is 7.91. The average molecular weight is 423 g/mol. The fourth-order valence-electron chi connectivity index (χ4n) is 2.36. The van der Waals surface area contributed by atoms with Crippen molar-refractivity contribution in [2.75, 3.05) is 27.2 Å². The molecule has 2 aromatic rings. The third-order valence-electron chi connectivity index (χ3n) is 3.75. The first-order chi connectivity index (χ1) is 13.2. The summed E-state index contributed by atoms with van der Waals surface area (Å²) in [6.45, 7) is 4.80. The van der Waals surface area contributed by atoms with E-state index < -0.39 is 10.0 Å². The topological polar surface area (TPSA) is 75.7 Å². The van der Waals surface area contributed by atoms with Gasteiger partial charge in [0.1, 0.15) is 12.4 Å². The van der Waals surface area contributed by atoms with E-state index in [1.807, 2.05) is 24.3 Å². The number of carbonyl (C=O) groups is 1. The van der Waals surface area contributed by atoms with Gasteiger partial charge in [0.25, 0.3) is 5.91 Å². The third-order valence-corrected chi connectivity index (χ3v) is 6.66. The second-order valence-corrected chi connectivity index (χ2v) is 10.3. The number of rotatable bonds is 9. The second kappa shape index (κ2) is 9.95. The summed E-state index contributed by atoms with van der Waals surface area (Å²) < 4.78 is 30.8. The number of amides is 1. The summed E-state index contributed by atoms with van der Waals surface area (Å²) >= 11 is 1.65. The first kappa shape index (κ1) is 22.3. The zero-order chi connectivity index (χ0) is 20.7. The Morgan fingerprint density at radius 1 is 1.11 bits per heavy atom. The lowest BCUT2D eigenvalue weighted by atomic mass is 10.2. The molecule has 0 aliphatic heterocycles. The predicted octanol–water partition coefficient (Wildman–Crippen LogP) is 3.25. The number of benzene rings is 2. The number of ether oxygens (including phenoxy) is 1. The smallest absolute Gasteiger partial charge is 0.252 e. The highest BCUT2D eigenvalue weighted by Crippen LogP contribution is 2.26. The zero-order valence-electron chi connectivity index (χ0n) is 16.5. The summed E-state index contributed by atoms with van der Waals surface area (Å²) in [7, 11) is -0.482. The van der Waals surface area contributed by atoms with Gasteiger partial charge in [0.2, 0.25) is 10.0 Å². The van der Waals surface area contributed by atoms with E-state index in [9.17, 15) is 13.2 Å². The van der Waals surface area contributed by atoms with Crippen LogP contribution in [-0.2, 0) is 10.0 Å². The highest BCUT2D eigenvalue weighted by molar-refractivity contribution is 8.00. The van der Waals surface area contributed by atoms with E-state index in [1.54, 1.807) is 23.9 Å². The van der Waals surface area contributed by atoms with Crippen molar-refractivity contribution in [2.45, 2.75) is 28.9 Å². The maximum absolute atomic E-state index is 12.4. The van der Waals surface area contributed by atoms with Gasteiger partial charge in [0.15, 0.2) is 0 Å². The lowest BCUT2D eigenvalue weighted by Crippen LogP contribution is -2.28. The Hall–Kier alpha value is -2.03. The highest BCUT2D eigenvalue weighted by atomic mass is 32.2. The van der Waals surface area contributed by atoms with E-state index in [4.69, 9.17) is 4.74 Å². The van der Waals surface area contributed by atoms with Gasteiger partial charge in [-0.2, -0.15) is 0 Å². The van der Waals surface area contributed by atoms with Crippen LogP contribution < -0.4 is 10.1 Å². The fourth-order valence-corrected chi connectivity index (χ4v) is 4.21. The quantitative estimate of drug-likeness (QED) is 0.496. The maximum atomic E-state index is 12.4. The molecule has 0 saturated carbocycles. The lowest BCUT2D eigenvalue weighted by molar-refractivity contribution is 0.0944. The minimum atomic E-state index is -3.45. The largest absolute Gasteiger partial charge is 0.492 e. The molecule has 2 rings (SSSR count). The molecule has 0 heterocycles. The van der Waals surface area contributed by atoms with Gasteiger partial charge in [-0.15, -0.1) is 11.8 Å². The van der Waals surface area contributed by atoms with Crippen molar-refractivity contribution < 1.29 is 17.9 Å². The molecule has 0 aliphatic carbocycles. The molecule has 28 heavy (non-hydrogen) atoms. The van der Waals surface area contributed by atoms with Crippen molar-refractivity contribution in [3.63, 3.8) is 0 Å². The number of nitrogens with one attached hydrogen (secondary N) is 1. The van der Waals surface area contributed by atoms with Crippen molar-refractivity contribution in [3.8, 4) is 5.75 Å². The number of thioether (sulfide) groups is 1. The maximum Gasteiger partial charge on any atom is 0.252 e. The van der Waals surface area contributed by atoms with Crippen LogP contribution in [-0.4, -0.2) is 51.1 Å². The average Bonchev–Trinajstić information content (AvgIpc) is 2.65. The summed E-state index contributed by atoms with van der Waals surface area (Å²) in [5, 5.41) is 3.24. The molecule has 2 aromatic carbocycles. The fraction of sp³-hybridized carbons (Fsp3) is 0.350. The SMILES string of the molecule is CC(C)Sc1ccccc1C(=O)NCCOc1ccc(S(=O)(=O)N(C)C)cc1. The number of nitrogens with zero attached hydrogens (tertiary/aromatic N) is 1. The van der Waals surface area contributed by atoms with E-state index in [0.717, 1.165) is 9.20 Å². The van der Waals surface area contributed by atoms with E-state index in [1.165, 1.54) is 26.2 Å².